The van der Waals surface area contributed by atoms with Crippen LogP contribution < -0.4 is 0 Å². The first-order valence-electron chi connectivity index (χ1n) is 15.2. The Morgan fingerprint density at radius 2 is 0.891 bits per heavy atom. The van der Waals surface area contributed by atoms with Crippen molar-refractivity contribution >= 4 is 21.5 Å². The van der Waals surface area contributed by atoms with Crippen molar-refractivity contribution in [1.82, 2.24) is 15.0 Å². The second-order valence-electron chi connectivity index (χ2n) is 11.2. The fourth-order valence-electron chi connectivity index (χ4n) is 6.03. The summed E-state index contributed by atoms with van der Waals surface area (Å²) in [5.41, 5.74) is 8.02. The van der Waals surface area contributed by atoms with Crippen molar-refractivity contribution in [3.05, 3.63) is 163 Å². The van der Waals surface area contributed by atoms with Crippen LogP contribution in [0.15, 0.2) is 158 Å². The van der Waals surface area contributed by atoms with Gasteiger partial charge in [-0.1, -0.05) is 140 Å². The molecule has 214 valence electrons. The highest BCUT2D eigenvalue weighted by Gasteiger charge is 2.15. The Labute approximate surface area is 266 Å². The minimum Gasteiger partial charge on any atom is -0.208 e. The molecule has 1 heterocycles. The molecule has 0 radical (unpaired) electrons. The molecule has 0 fully saturated rings. The van der Waals surface area contributed by atoms with Crippen LogP contribution in [-0.2, 0) is 0 Å². The zero-order valence-electron chi connectivity index (χ0n) is 24.8. The number of nitrogens with zero attached hydrogens (tertiary/aromatic N) is 4. The van der Waals surface area contributed by atoms with Gasteiger partial charge in [0.25, 0.3) is 0 Å². The molecule has 0 unspecified atom stereocenters. The summed E-state index contributed by atoms with van der Waals surface area (Å²) in [6.07, 6.45) is 0. The van der Waals surface area contributed by atoms with E-state index in [1.807, 2.05) is 78.9 Å². The summed E-state index contributed by atoms with van der Waals surface area (Å²) in [6, 6.07) is 56.0. The van der Waals surface area contributed by atoms with Gasteiger partial charge in [-0.3, -0.25) is 0 Å². The lowest BCUT2D eigenvalue weighted by Crippen LogP contribution is -2.00. The molecule has 0 aliphatic rings. The lowest BCUT2D eigenvalue weighted by atomic mass is 9.88. The third-order valence-electron chi connectivity index (χ3n) is 8.34. The predicted molar refractivity (Wildman–Crippen MR) is 187 cm³/mol. The molecule has 1 aromatic heterocycles. The summed E-state index contributed by atoms with van der Waals surface area (Å²) in [4.78, 5) is 14.7. The average Bonchev–Trinajstić information content (AvgIpc) is 3.14. The molecule has 0 saturated heterocycles. The first-order chi connectivity index (χ1) is 22.7. The summed E-state index contributed by atoms with van der Waals surface area (Å²) < 4.78 is 0. The molecular formula is C42H26N4. The van der Waals surface area contributed by atoms with Crippen molar-refractivity contribution < 1.29 is 0 Å². The third kappa shape index (κ3) is 5.06. The number of nitriles is 1. The number of aromatic nitrogens is 3. The van der Waals surface area contributed by atoms with E-state index in [4.69, 9.17) is 15.0 Å². The van der Waals surface area contributed by atoms with Gasteiger partial charge >= 0.3 is 0 Å². The van der Waals surface area contributed by atoms with E-state index in [0.717, 1.165) is 44.2 Å². The third-order valence-corrected chi connectivity index (χ3v) is 8.34. The number of fused-ring (bicyclic) bond motifs is 2. The van der Waals surface area contributed by atoms with Crippen molar-refractivity contribution in [1.29, 1.82) is 5.26 Å². The fraction of sp³-hybridized carbons (Fsp3) is 0. The predicted octanol–water partition coefficient (Wildman–Crippen LogP) is 10.4. The van der Waals surface area contributed by atoms with Gasteiger partial charge in [0.05, 0.1) is 11.6 Å². The molecule has 7 aromatic carbocycles. The number of rotatable bonds is 5. The van der Waals surface area contributed by atoms with Gasteiger partial charge in [-0.05, 0) is 62.0 Å². The minimum atomic E-state index is 0.628. The van der Waals surface area contributed by atoms with Crippen LogP contribution in [0.25, 0.3) is 78.0 Å². The van der Waals surface area contributed by atoms with Crippen molar-refractivity contribution in [2.45, 2.75) is 0 Å². The molecule has 0 N–H and O–H groups in total. The van der Waals surface area contributed by atoms with E-state index in [2.05, 4.69) is 84.9 Å². The second-order valence-corrected chi connectivity index (χ2v) is 11.2. The molecule has 4 heteroatoms. The van der Waals surface area contributed by atoms with E-state index in [9.17, 15) is 5.26 Å². The highest BCUT2D eigenvalue weighted by atomic mass is 15.0. The first kappa shape index (κ1) is 27.1. The van der Waals surface area contributed by atoms with Crippen molar-refractivity contribution in [2.75, 3.05) is 0 Å². The van der Waals surface area contributed by atoms with Crippen LogP contribution in [0.4, 0.5) is 0 Å². The zero-order chi connectivity index (χ0) is 30.9. The van der Waals surface area contributed by atoms with Crippen LogP contribution in [0.2, 0.25) is 0 Å². The largest absolute Gasteiger partial charge is 0.208 e. The Balaban J connectivity index is 1.26. The Hall–Kier alpha value is -6.44. The molecule has 4 nitrogen and oxygen atoms in total. The van der Waals surface area contributed by atoms with Crippen LogP contribution >= 0.6 is 0 Å². The van der Waals surface area contributed by atoms with Gasteiger partial charge in [0.1, 0.15) is 0 Å². The topological polar surface area (TPSA) is 62.5 Å². The minimum absolute atomic E-state index is 0.628. The fourth-order valence-corrected chi connectivity index (χ4v) is 6.03. The molecular weight excluding hydrogens is 560 g/mol. The molecule has 0 saturated carbocycles. The molecule has 0 bridgehead atoms. The maximum absolute atomic E-state index is 9.36. The van der Waals surface area contributed by atoms with E-state index in [1.54, 1.807) is 0 Å². The van der Waals surface area contributed by atoms with Crippen LogP contribution in [0.5, 0.6) is 0 Å². The second kappa shape index (κ2) is 11.6. The van der Waals surface area contributed by atoms with E-state index in [-0.39, 0.29) is 0 Å². The van der Waals surface area contributed by atoms with E-state index < -0.39 is 0 Å². The van der Waals surface area contributed by atoms with E-state index in [0.29, 0.717) is 23.0 Å². The van der Waals surface area contributed by atoms with Gasteiger partial charge in [-0.2, -0.15) is 5.26 Å². The summed E-state index contributed by atoms with van der Waals surface area (Å²) in [5, 5.41) is 13.9. The summed E-state index contributed by atoms with van der Waals surface area (Å²) in [7, 11) is 0. The molecule has 0 spiro atoms. The molecule has 0 aliphatic carbocycles. The highest BCUT2D eigenvalue weighted by molar-refractivity contribution is 6.05. The van der Waals surface area contributed by atoms with Gasteiger partial charge < -0.3 is 0 Å². The van der Waals surface area contributed by atoms with Crippen molar-refractivity contribution in [3.63, 3.8) is 0 Å². The standard InChI is InChI=1S/C42H26N4/c43-27-28-15-16-35-26-36(22-21-34(35)25-28)38-24-23-29-9-7-8-14-37(29)39(38)30-17-19-33(20-18-30)42-45-40(31-10-3-1-4-11-31)44-41(46-42)32-12-5-2-6-13-32/h1-26H. The zero-order valence-corrected chi connectivity index (χ0v) is 24.8. The van der Waals surface area contributed by atoms with Gasteiger partial charge in [-0.25, -0.2) is 15.0 Å². The summed E-state index contributed by atoms with van der Waals surface area (Å²) in [5.74, 6) is 1.91. The molecule has 0 atom stereocenters. The first-order valence-corrected chi connectivity index (χ1v) is 15.2. The smallest absolute Gasteiger partial charge is 0.164 e. The van der Waals surface area contributed by atoms with Gasteiger partial charge in [0.2, 0.25) is 0 Å². The van der Waals surface area contributed by atoms with E-state index in [1.165, 1.54) is 16.3 Å². The summed E-state index contributed by atoms with van der Waals surface area (Å²) >= 11 is 0. The van der Waals surface area contributed by atoms with Crippen molar-refractivity contribution in [3.8, 4) is 62.5 Å². The maximum atomic E-state index is 9.36. The van der Waals surface area contributed by atoms with E-state index >= 15 is 0 Å². The van der Waals surface area contributed by atoms with Crippen LogP contribution in [0.3, 0.4) is 0 Å². The molecule has 8 rings (SSSR count). The molecule has 0 amide bonds. The van der Waals surface area contributed by atoms with Gasteiger partial charge in [-0.15, -0.1) is 0 Å². The Kier molecular flexibility index (Phi) is 6.83. The summed E-state index contributed by atoms with van der Waals surface area (Å²) in [6.45, 7) is 0. The Morgan fingerprint density at radius 1 is 0.391 bits per heavy atom. The molecule has 0 aliphatic heterocycles. The van der Waals surface area contributed by atoms with Crippen LogP contribution in [0, 0.1) is 11.3 Å². The normalized spacial score (nSPS) is 11.0. The molecule has 46 heavy (non-hydrogen) atoms. The Morgan fingerprint density at radius 3 is 1.54 bits per heavy atom. The monoisotopic (exact) mass is 586 g/mol. The van der Waals surface area contributed by atoms with Gasteiger partial charge in [0.15, 0.2) is 17.5 Å². The van der Waals surface area contributed by atoms with Crippen molar-refractivity contribution in [2.24, 2.45) is 0 Å². The van der Waals surface area contributed by atoms with Gasteiger partial charge in [0, 0.05) is 16.7 Å². The average molecular weight is 587 g/mol. The highest BCUT2D eigenvalue weighted by Crippen LogP contribution is 2.40. The lowest BCUT2D eigenvalue weighted by Gasteiger charge is -2.15. The SMILES string of the molecule is N#Cc1ccc2cc(-c3ccc4ccccc4c3-c3ccc(-c4nc(-c5ccccc5)nc(-c5ccccc5)n4)cc3)ccc2c1. The lowest BCUT2D eigenvalue weighted by molar-refractivity contribution is 1.07. The number of hydrogen-bond donors (Lipinski definition) is 0. The van der Waals surface area contributed by atoms with Crippen LogP contribution in [0.1, 0.15) is 5.56 Å². The maximum Gasteiger partial charge on any atom is 0.164 e. The number of benzene rings is 7. The van der Waals surface area contributed by atoms with Crippen LogP contribution in [-0.4, -0.2) is 15.0 Å². The quantitative estimate of drug-likeness (QED) is 0.201. The Bertz CT molecular complexity index is 2350. The molecule has 8 aromatic rings. The number of hydrogen-bond acceptors (Lipinski definition) is 4.